The Labute approximate surface area is 153 Å². The van der Waals surface area contributed by atoms with E-state index >= 15 is 0 Å². The third-order valence-electron chi connectivity index (χ3n) is 3.42. The van der Waals surface area contributed by atoms with Crippen LogP contribution in [-0.4, -0.2) is 35.9 Å². The van der Waals surface area contributed by atoms with Crippen LogP contribution in [0.4, 0.5) is 5.69 Å². The molecule has 0 saturated carbocycles. The molecule has 27 heavy (non-hydrogen) atoms. The summed E-state index contributed by atoms with van der Waals surface area (Å²) in [4.78, 5) is 45.3. The van der Waals surface area contributed by atoms with E-state index in [-0.39, 0.29) is 17.3 Å². The first-order chi connectivity index (χ1) is 12.9. The van der Waals surface area contributed by atoms with Gasteiger partial charge in [-0.1, -0.05) is 6.07 Å². The number of nitrogens with one attached hydrogen (secondary N) is 2. The molecule has 0 bridgehead atoms. The summed E-state index contributed by atoms with van der Waals surface area (Å²) >= 11 is 0. The number of benzene rings is 1. The monoisotopic (exact) mass is 375 g/mol. The van der Waals surface area contributed by atoms with Crippen LogP contribution < -0.4 is 10.6 Å². The summed E-state index contributed by atoms with van der Waals surface area (Å²) in [7, 11) is 0. The zero-order chi connectivity index (χ0) is 19.8. The highest BCUT2D eigenvalue weighted by molar-refractivity contribution is 5.96. The first kappa shape index (κ1) is 19.6. The second kappa shape index (κ2) is 9.13. The maximum Gasteiger partial charge on any atom is 0.325 e. The Morgan fingerprint density at radius 1 is 1.26 bits per heavy atom. The van der Waals surface area contributed by atoms with E-state index in [2.05, 4.69) is 10.6 Å². The van der Waals surface area contributed by atoms with Crippen LogP contribution in [0, 0.1) is 10.1 Å². The summed E-state index contributed by atoms with van der Waals surface area (Å²) in [6.07, 6.45) is 1.47. The fraction of sp³-hybridized carbons (Fsp3) is 0.235. The smallest absolute Gasteiger partial charge is 0.325 e. The van der Waals surface area contributed by atoms with Gasteiger partial charge in [-0.05, 0) is 25.1 Å². The maximum atomic E-state index is 11.9. The van der Waals surface area contributed by atoms with Crippen LogP contribution in [0.5, 0.6) is 0 Å². The van der Waals surface area contributed by atoms with Gasteiger partial charge in [0.25, 0.3) is 17.5 Å². The van der Waals surface area contributed by atoms with Crippen LogP contribution in [0.3, 0.4) is 0 Å². The normalized spacial score (nSPS) is 11.3. The highest BCUT2D eigenvalue weighted by Crippen LogP contribution is 2.13. The quantitative estimate of drug-likeness (QED) is 0.403. The lowest BCUT2D eigenvalue weighted by Crippen LogP contribution is -2.34. The van der Waals surface area contributed by atoms with Gasteiger partial charge in [-0.25, -0.2) is 0 Å². The predicted molar refractivity (Wildman–Crippen MR) is 91.7 cm³/mol. The van der Waals surface area contributed by atoms with Crippen molar-refractivity contribution in [3.63, 3.8) is 0 Å². The van der Waals surface area contributed by atoms with Gasteiger partial charge in [-0.2, -0.15) is 0 Å². The standard InChI is InChI=1S/C17H17N3O7/c1-11(14-6-3-7-26-14)19-15(21)10-27-16(22)9-18-17(23)12-4-2-5-13(8-12)20(24)25/h2-8,11H,9-10H2,1H3,(H,18,23)(H,19,21)/t11-/m0/s1. The average Bonchev–Trinajstić information content (AvgIpc) is 3.19. The van der Waals surface area contributed by atoms with Gasteiger partial charge in [0, 0.05) is 17.7 Å². The van der Waals surface area contributed by atoms with Gasteiger partial charge in [-0.3, -0.25) is 24.5 Å². The number of ether oxygens (including phenoxy) is 1. The Morgan fingerprint density at radius 3 is 2.70 bits per heavy atom. The molecule has 142 valence electrons. The van der Waals surface area contributed by atoms with Crippen LogP contribution in [0.15, 0.2) is 47.1 Å². The molecule has 2 amide bonds. The lowest BCUT2D eigenvalue weighted by Gasteiger charge is -2.11. The summed E-state index contributed by atoms with van der Waals surface area (Å²) in [6.45, 7) is 0.705. The molecule has 0 aliphatic carbocycles. The van der Waals surface area contributed by atoms with Crippen molar-refractivity contribution in [2.24, 2.45) is 0 Å². The van der Waals surface area contributed by atoms with Gasteiger partial charge in [0.1, 0.15) is 12.3 Å². The van der Waals surface area contributed by atoms with Gasteiger partial charge >= 0.3 is 5.97 Å². The summed E-state index contributed by atoms with van der Waals surface area (Å²) in [5.74, 6) is -1.47. The number of esters is 1. The molecule has 0 unspecified atom stereocenters. The number of rotatable bonds is 8. The summed E-state index contributed by atoms with van der Waals surface area (Å²) in [5, 5.41) is 15.6. The van der Waals surface area contributed by atoms with Crippen LogP contribution >= 0.6 is 0 Å². The Balaban J connectivity index is 1.74. The Morgan fingerprint density at radius 2 is 2.04 bits per heavy atom. The first-order valence-corrected chi connectivity index (χ1v) is 7.88. The number of nitro benzene ring substituents is 1. The molecule has 10 nitrogen and oxygen atoms in total. The minimum atomic E-state index is -0.824. The second-order valence-electron chi connectivity index (χ2n) is 5.46. The molecule has 0 fully saturated rings. The molecule has 0 radical (unpaired) electrons. The molecular formula is C17H17N3O7. The van der Waals surface area contributed by atoms with Crippen molar-refractivity contribution < 1.29 is 28.5 Å². The summed E-state index contributed by atoms with van der Waals surface area (Å²) < 4.78 is 9.91. The third kappa shape index (κ3) is 5.96. The molecule has 2 N–H and O–H groups in total. The van der Waals surface area contributed by atoms with E-state index in [0.29, 0.717) is 5.76 Å². The molecule has 1 heterocycles. The Bertz CT molecular complexity index is 833. The number of nitrogens with zero attached hydrogens (tertiary/aromatic N) is 1. The van der Waals surface area contributed by atoms with Gasteiger partial charge in [-0.15, -0.1) is 0 Å². The number of amides is 2. The van der Waals surface area contributed by atoms with E-state index in [1.807, 2.05) is 0 Å². The number of hydrogen-bond acceptors (Lipinski definition) is 7. The molecular weight excluding hydrogens is 358 g/mol. The number of carbonyl (C=O) groups is 3. The van der Waals surface area contributed by atoms with Crippen LogP contribution in [0.25, 0.3) is 0 Å². The largest absolute Gasteiger partial charge is 0.467 e. The fourth-order valence-electron chi connectivity index (χ4n) is 2.10. The SMILES string of the molecule is C[C@H](NC(=O)COC(=O)CNC(=O)c1cccc([N+](=O)[O-])c1)c1ccco1. The average molecular weight is 375 g/mol. The summed E-state index contributed by atoms with van der Waals surface area (Å²) in [5.41, 5.74) is -0.213. The Kier molecular flexibility index (Phi) is 6.64. The molecule has 0 saturated heterocycles. The van der Waals surface area contributed by atoms with E-state index in [4.69, 9.17) is 9.15 Å². The number of nitro groups is 1. The van der Waals surface area contributed by atoms with Crippen molar-refractivity contribution in [1.29, 1.82) is 0 Å². The fourth-order valence-corrected chi connectivity index (χ4v) is 2.10. The molecule has 10 heteroatoms. The first-order valence-electron chi connectivity index (χ1n) is 7.88. The van der Waals surface area contributed by atoms with Crippen LogP contribution in [0.2, 0.25) is 0 Å². The predicted octanol–water partition coefficient (Wildman–Crippen LogP) is 1.34. The highest BCUT2D eigenvalue weighted by atomic mass is 16.6. The number of non-ortho nitro benzene ring substituents is 1. The van der Waals surface area contributed by atoms with Gasteiger partial charge in [0.05, 0.1) is 17.2 Å². The molecule has 0 aliphatic rings. The Hall–Kier alpha value is -3.69. The zero-order valence-corrected chi connectivity index (χ0v) is 14.3. The van der Waals surface area contributed by atoms with E-state index < -0.39 is 35.9 Å². The van der Waals surface area contributed by atoms with Crippen molar-refractivity contribution in [2.75, 3.05) is 13.2 Å². The lowest BCUT2D eigenvalue weighted by atomic mass is 10.2. The molecule has 0 spiro atoms. The van der Waals surface area contributed by atoms with Crippen molar-refractivity contribution in [2.45, 2.75) is 13.0 Å². The maximum absolute atomic E-state index is 11.9. The van der Waals surface area contributed by atoms with Crippen molar-refractivity contribution in [1.82, 2.24) is 10.6 Å². The van der Waals surface area contributed by atoms with Crippen LogP contribution in [-0.2, 0) is 14.3 Å². The second-order valence-corrected chi connectivity index (χ2v) is 5.46. The van der Waals surface area contributed by atoms with Crippen molar-refractivity contribution >= 4 is 23.5 Å². The highest BCUT2D eigenvalue weighted by Gasteiger charge is 2.15. The number of hydrogen-bond donors (Lipinski definition) is 2. The minimum absolute atomic E-state index is 0.0296. The molecule has 2 aromatic rings. The molecule has 0 aliphatic heterocycles. The zero-order valence-electron chi connectivity index (χ0n) is 14.3. The molecule has 2 rings (SSSR count). The van der Waals surface area contributed by atoms with E-state index in [1.54, 1.807) is 19.1 Å². The molecule has 1 atom stereocenters. The topological polar surface area (TPSA) is 141 Å². The van der Waals surface area contributed by atoms with E-state index in [1.165, 1.54) is 24.5 Å². The van der Waals surface area contributed by atoms with Gasteiger partial charge in [0.15, 0.2) is 6.61 Å². The summed E-state index contributed by atoms with van der Waals surface area (Å²) in [6, 6.07) is 8.05. The lowest BCUT2D eigenvalue weighted by molar-refractivity contribution is -0.384. The van der Waals surface area contributed by atoms with Gasteiger partial charge < -0.3 is 19.8 Å². The van der Waals surface area contributed by atoms with Crippen molar-refractivity contribution in [3.05, 3.63) is 64.1 Å². The van der Waals surface area contributed by atoms with E-state index in [0.717, 1.165) is 6.07 Å². The third-order valence-corrected chi connectivity index (χ3v) is 3.42. The van der Waals surface area contributed by atoms with Gasteiger partial charge in [0.2, 0.25) is 0 Å². The number of furan rings is 1. The molecule has 1 aromatic carbocycles. The minimum Gasteiger partial charge on any atom is -0.467 e. The number of carbonyl (C=O) groups excluding carboxylic acids is 3. The van der Waals surface area contributed by atoms with Crippen molar-refractivity contribution in [3.8, 4) is 0 Å². The molecule has 1 aromatic heterocycles. The van der Waals surface area contributed by atoms with E-state index in [9.17, 15) is 24.5 Å². The van der Waals surface area contributed by atoms with Crippen LogP contribution in [0.1, 0.15) is 29.1 Å².